The lowest BCUT2D eigenvalue weighted by molar-refractivity contribution is -0.163. The van der Waals surface area contributed by atoms with Gasteiger partial charge in [-0.2, -0.15) is 0 Å². The molecule has 4 atom stereocenters. The second-order valence-electron chi connectivity index (χ2n) is 8.74. The summed E-state index contributed by atoms with van der Waals surface area (Å²) in [5, 5.41) is 9.52. The highest BCUT2D eigenvalue weighted by Crippen LogP contribution is 2.37. The highest BCUT2D eigenvalue weighted by molar-refractivity contribution is 5.46. The number of ether oxygens (including phenoxy) is 2. The average Bonchev–Trinajstić information content (AvgIpc) is 3.12. The smallest absolute Gasteiger partial charge is 0.163 e. The summed E-state index contributed by atoms with van der Waals surface area (Å²) >= 11 is 0. The summed E-state index contributed by atoms with van der Waals surface area (Å²) in [6.07, 6.45) is -0.248. The maximum atomic E-state index is 9.52. The van der Waals surface area contributed by atoms with Gasteiger partial charge in [-0.1, -0.05) is 0 Å². The van der Waals surface area contributed by atoms with Crippen LogP contribution in [0.5, 0.6) is 0 Å². The number of fused-ring (bicyclic) bond motifs is 1. The number of aliphatic hydroxyl groups is 1. The minimum absolute atomic E-state index is 0.0909. The van der Waals surface area contributed by atoms with Crippen molar-refractivity contribution in [3.8, 4) is 0 Å². The van der Waals surface area contributed by atoms with Gasteiger partial charge in [-0.25, -0.2) is 19.9 Å². The first-order chi connectivity index (χ1) is 14.7. The van der Waals surface area contributed by atoms with E-state index < -0.39 is 11.9 Å². The van der Waals surface area contributed by atoms with Crippen LogP contribution in [0.2, 0.25) is 0 Å². The predicted molar refractivity (Wildman–Crippen MR) is 124 cm³/mol. The van der Waals surface area contributed by atoms with Crippen molar-refractivity contribution in [3.05, 3.63) is 34.4 Å². The Morgan fingerprint density at radius 1 is 0.750 bits per heavy atom. The normalized spacial score (nSPS) is 25.3. The molecule has 2 aromatic rings. The van der Waals surface area contributed by atoms with Crippen LogP contribution in [-0.4, -0.2) is 55.2 Å². The zero-order valence-corrected chi connectivity index (χ0v) is 20.3. The van der Waals surface area contributed by atoms with E-state index in [-0.39, 0.29) is 18.2 Å². The molecule has 3 heterocycles. The van der Waals surface area contributed by atoms with Gasteiger partial charge in [0.1, 0.15) is 23.9 Å². The first-order valence-corrected chi connectivity index (χ1v) is 10.7. The van der Waals surface area contributed by atoms with Crippen LogP contribution >= 0.6 is 0 Å². The van der Waals surface area contributed by atoms with E-state index in [1.807, 2.05) is 55.4 Å². The molecule has 1 saturated heterocycles. The fourth-order valence-electron chi connectivity index (χ4n) is 3.78. The van der Waals surface area contributed by atoms with Crippen molar-refractivity contribution in [2.75, 3.05) is 11.5 Å². The molecule has 0 radical (unpaired) electrons. The van der Waals surface area contributed by atoms with Gasteiger partial charge in [0.25, 0.3) is 0 Å². The number of hydrogen-bond acceptors (Lipinski definition) is 10. The lowest BCUT2D eigenvalue weighted by atomic mass is 10.2. The van der Waals surface area contributed by atoms with Gasteiger partial charge in [0.05, 0.1) is 40.3 Å². The summed E-state index contributed by atoms with van der Waals surface area (Å²) < 4.78 is 11.1. The van der Waals surface area contributed by atoms with Gasteiger partial charge in [0.2, 0.25) is 0 Å². The number of nitrogens with two attached hydrogens (primary N) is 3. The molecule has 2 aliphatic rings. The molecule has 1 aliphatic carbocycles. The molecule has 2 fully saturated rings. The number of nitrogen functional groups attached to an aromatic ring is 2. The summed E-state index contributed by atoms with van der Waals surface area (Å²) in [4.78, 5) is 16.4. The minimum atomic E-state index is -0.589. The molecule has 10 nitrogen and oxygen atoms in total. The molecular formula is C22H37N7O3. The van der Waals surface area contributed by atoms with Crippen molar-refractivity contribution in [2.45, 2.75) is 92.0 Å². The van der Waals surface area contributed by atoms with Crippen LogP contribution in [0.4, 0.5) is 11.4 Å². The van der Waals surface area contributed by atoms with Crippen LogP contribution in [-0.2, 0) is 9.47 Å². The summed E-state index contributed by atoms with van der Waals surface area (Å²) in [6, 6.07) is -0.0909. The first-order valence-electron chi connectivity index (χ1n) is 10.7. The van der Waals surface area contributed by atoms with E-state index in [1.165, 1.54) is 0 Å². The molecule has 7 N–H and O–H groups in total. The highest BCUT2D eigenvalue weighted by Gasteiger charge is 2.52. The topological polar surface area (TPSA) is 168 Å². The Balaban J connectivity index is 0.000000171. The van der Waals surface area contributed by atoms with Crippen molar-refractivity contribution in [1.29, 1.82) is 0 Å². The van der Waals surface area contributed by atoms with Gasteiger partial charge in [-0.3, -0.25) is 0 Å². The standard InChI is InChI=1S/C8H15NO3.2C7H11N3/c1-8(2)11-6-4(9)3-5(10)7(6)12-8;2*1-4-7(8)5(2)10-6(3)9-4/h4-7,10H,3,9H2,1-2H3;2*8H2,1-3H3/t4-,5+,6+,7-;;/m1../s1. The average molecular weight is 448 g/mol. The number of aryl methyl sites for hydroxylation is 6. The fourth-order valence-corrected chi connectivity index (χ4v) is 3.78. The summed E-state index contributed by atoms with van der Waals surface area (Å²) in [5.74, 6) is 0.974. The third kappa shape index (κ3) is 6.32. The number of hydrogen-bond donors (Lipinski definition) is 4. The van der Waals surface area contributed by atoms with Crippen molar-refractivity contribution in [2.24, 2.45) is 5.73 Å². The van der Waals surface area contributed by atoms with Gasteiger partial charge in [-0.15, -0.1) is 0 Å². The van der Waals surface area contributed by atoms with Crippen molar-refractivity contribution in [1.82, 2.24) is 19.9 Å². The maximum absolute atomic E-state index is 9.52. The predicted octanol–water partition coefficient (Wildman–Crippen LogP) is 1.57. The van der Waals surface area contributed by atoms with Crippen LogP contribution in [0, 0.1) is 41.5 Å². The molecule has 32 heavy (non-hydrogen) atoms. The van der Waals surface area contributed by atoms with Crippen LogP contribution < -0.4 is 17.2 Å². The SMILES string of the molecule is CC1(C)O[C@@H]2[C@H](O1)[C@@H](O)C[C@H]2N.Cc1nc(C)c(N)c(C)n1.Cc1nc(C)c(N)c(C)n1. The summed E-state index contributed by atoms with van der Waals surface area (Å²) in [6.45, 7) is 14.9. The molecule has 0 spiro atoms. The Hall–Kier alpha value is -2.40. The Bertz CT molecular complexity index is 832. The van der Waals surface area contributed by atoms with Crippen molar-refractivity contribution < 1.29 is 14.6 Å². The maximum Gasteiger partial charge on any atom is 0.163 e. The Morgan fingerprint density at radius 2 is 1.09 bits per heavy atom. The number of nitrogens with zero attached hydrogens (tertiary/aromatic N) is 4. The number of aliphatic hydroxyl groups excluding tert-OH is 1. The molecule has 10 heteroatoms. The second-order valence-corrected chi connectivity index (χ2v) is 8.74. The van der Waals surface area contributed by atoms with Gasteiger partial charge in [0, 0.05) is 6.04 Å². The monoisotopic (exact) mass is 447 g/mol. The van der Waals surface area contributed by atoms with Gasteiger partial charge in [-0.05, 0) is 61.8 Å². The van der Waals surface area contributed by atoms with Crippen LogP contribution in [0.25, 0.3) is 0 Å². The molecular weight excluding hydrogens is 410 g/mol. The molecule has 2 aromatic heterocycles. The van der Waals surface area contributed by atoms with Crippen LogP contribution in [0.3, 0.4) is 0 Å². The number of aromatic nitrogens is 4. The lowest BCUT2D eigenvalue weighted by Gasteiger charge is -2.20. The molecule has 1 aliphatic heterocycles. The van der Waals surface area contributed by atoms with E-state index in [1.54, 1.807) is 0 Å². The molecule has 4 rings (SSSR count). The molecule has 0 aromatic carbocycles. The third-order valence-electron chi connectivity index (χ3n) is 5.36. The van der Waals surface area contributed by atoms with E-state index in [0.29, 0.717) is 17.8 Å². The number of anilines is 2. The van der Waals surface area contributed by atoms with E-state index in [2.05, 4.69) is 19.9 Å². The molecule has 178 valence electrons. The zero-order chi connectivity index (χ0) is 24.4. The van der Waals surface area contributed by atoms with Crippen LogP contribution in [0.1, 0.15) is 54.7 Å². The Kier molecular flexibility index (Phi) is 8.11. The van der Waals surface area contributed by atoms with Gasteiger partial charge < -0.3 is 31.8 Å². The van der Waals surface area contributed by atoms with E-state index in [4.69, 9.17) is 26.7 Å². The van der Waals surface area contributed by atoms with Gasteiger partial charge in [0.15, 0.2) is 5.79 Å². The Labute approximate surface area is 190 Å². The quantitative estimate of drug-likeness (QED) is 0.465. The molecule has 0 bridgehead atoms. The highest BCUT2D eigenvalue weighted by atomic mass is 16.8. The minimum Gasteiger partial charge on any atom is -0.396 e. The summed E-state index contributed by atoms with van der Waals surface area (Å²) in [7, 11) is 0. The first kappa shape index (κ1) is 25.9. The van der Waals surface area contributed by atoms with Gasteiger partial charge >= 0.3 is 0 Å². The molecule has 1 saturated carbocycles. The van der Waals surface area contributed by atoms with Crippen molar-refractivity contribution in [3.63, 3.8) is 0 Å². The zero-order valence-electron chi connectivity index (χ0n) is 20.3. The third-order valence-corrected chi connectivity index (χ3v) is 5.36. The summed E-state index contributed by atoms with van der Waals surface area (Å²) in [5.41, 5.74) is 21.9. The molecule has 0 amide bonds. The largest absolute Gasteiger partial charge is 0.396 e. The Morgan fingerprint density at radius 3 is 1.44 bits per heavy atom. The number of rotatable bonds is 0. The lowest BCUT2D eigenvalue weighted by Crippen LogP contribution is -2.35. The second kappa shape index (κ2) is 10.0. The van der Waals surface area contributed by atoms with Crippen LogP contribution in [0.15, 0.2) is 0 Å². The fraction of sp³-hybridized carbons (Fsp3) is 0.636. The van der Waals surface area contributed by atoms with E-state index in [0.717, 1.165) is 34.4 Å². The van der Waals surface area contributed by atoms with E-state index >= 15 is 0 Å². The van der Waals surface area contributed by atoms with Crippen molar-refractivity contribution >= 4 is 11.4 Å². The van der Waals surface area contributed by atoms with E-state index in [9.17, 15) is 5.11 Å². The molecule has 0 unspecified atom stereocenters.